The number of fused-ring (bicyclic) bond motifs is 1. The van der Waals surface area contributed by atoms with E-state index < -0.39 is 30.3 Å². The maximum atomic E-state index is 13.6. The Morgan fingerprint density at radius 2 is 2.17 bits per heavy atom. The molecule has 0 aliphatic carbocycles. The van der Waals surface area contributed by atoms with Gasteiger partial charge in [0.15, 0.2) is 0 Å². The zero-order valence-corrected chi connectivity index (χ0v) is 16.9. The second-order valence-corrected chi connectivity index (χ2v) is 7.92. The molecule has 1 saturated heterocycles. The smallest absolute Gasteiger partial charge is 0.268 e. The summed E-state index contributed by atoms with van der Waals surface area (Å²) in [5, 5.41) is 3.97. The van der Waals surface area contributed by atoms with Crippen molar-refractivity contribution in [3.63, 3.8) is 0 Å². The van der Waals surface area contributed by atoms with Gasteiger partial charge in [-0.3, -0.25) is 9.59 Å². The number of halogens is 3. The van der Waals surface area contributed by atoms with E-state index in [0.717, 1.165) is 21.5 Å². The molecule has 1 aliphatic heterocycles. The third kappa shape index (κ3) is 4.16. The molecule has 10 heteroatoms. The second-order valence-electron chi connectivity index (χ2n) is 7.48. The summed E-state index contributed by atoms with van der Waals surface area (Å²) in [4.78, 5) is 37.0. The van der Waals surface area contributed by atoms with Crippen LogP contribution in [0.25, 0.3) is 10.9 Å². The van der Waals surface area contributed by atoms with E-state index in [4.69, 9.17) is 11.6 Å². The fraction of sp³-hybridized carbons (Fsp3) is 0.350. The summed E-state index contributed by atoms with van der Waals surface area (Å²) in [6, 6.07) is 5.76. The van der Waals surface area contributed by atoms with E-state index >= 15 is 0 Å². The molecule has 0 saturated carbocycles. The van der Waals surface area contributed by atoms with E-state index in [9.17, 15) is 18.4 Å². The molecule has 0 radical (unpaired) electrons. The number of likely N-dealkylation sites (tertiary alicyclic amines) is 1. The van der Waals surface area contributed by atoms with Crippen LogP contribution in [0.15, 0.2) is 30.6 Å². The van der Waals surface area contributed by atoms with Gasteiger partial charge in [-0.2, -0.15) is 0 Å². The number of hydrogen-bond acceptors (Lipinski definition) is 3. The van der Waals surface area contributed by atoms with Crippen LogP contribution >= 0.6 is 11.6 Å². The summed E-state index contributed by atoms with van der Waals surface area (Å²) >= 11 is 5.99. The molecule has 1 aliphatic rings. The lowest BCUT2D eigenvalue weighted by atomic mass is 10.1. The van der Waals surface area contributed by atoms with Crippen LogP contribution in [0.1, 0.15) is 28.3 Å². The number of hydrogen-bond donors (Lipinski definition) is 3. The van der Waals surface area contributed by atoms with E-state index in [-0.39, 0.29) is 25.1 Å². The van der Waals surface area contributed by atoms with Crippen LogP contribution < -0.4 is 5.32 Å². The molecule has 158 valence electrons. The van der Waals surface area contributed by atoms with E-state index in [1.165, 1.54) is 6.33 Å². The number of carbonyl (C=O) groups is 2. The first-order valence-electron chi connectivity index (χ1n) is 9.46. The van der Waals surface area contributed by atoms with Crippen molar-refractivity contribution in [1.29, 1.82) is 0 Å². The Morgan fingerprint density at radius 3 is 2.83 bits per heavy atom. The van der Waals surface area contributed by atoms with Crippen molar-refractivity contribution >= 4 is 34.3 Å². The number of amides is 2. The topological polar surface area (TPSA) is 93.9 Å². The zero-order chi connectivity index (χ0) is 21.5. The predicted molar refractivity (Wildman–Crippen MR) is 108 cm³/mol. The molecule has 3 aromatic rings. The number of nitrogens with one attached hydrogen (secondary N) is 3. The van der Waals surface area contributed by atoms with Crippen molar-refractivity contribution in [2.45, 2.75) is 31.7 Å². The van der Waals surface area contributed by atoms with Gasteiger partial charge in [-0.25, -0.2) is 13.8 Å². The van der Waals surface area contributed by atoms with Crippen molar-refractivity contribution < 1.29 is 18.4 Å². The number of imidazole rings is 1. The molecular formula is C20H20ClF2N5O2. The Labute approximate surface area is 175 Å². The molecule has 1 fully saturated rings. The summed E-state index contributed by atoms with van der Waals surface area (Å²) in [7, 11) is 0. The molecule has 2 aromatic heterocycles. The number of benzene rings is 1. The van der Waals surface area contributed by atoms with Gasteiger partial charge in [0.25, 0.3) is 11.8 Å². The van der Waals surface area contributed by atoms with Crippen LogP contribution in [-0.2, 0) is 11.2 Å². The number of H-pyrrole nitrogens is 2. The first-order valence-corrected chi connectivity index (χ1v) is 9.84. The Hall–Kier alpha value is -2.94. The van der Waals surface area contributed by atoms with Gasteiger partial charge in [0.05, 0.1) is 18.6 Å². The molecule has 4 rings (SSSR count). The average molecular weight is 436 g/mol. The van der Waals surface area contributed by atoms with E-state index in [2.05, 4.69) is 20.3 Å². The highest BCUT2D eigenvalue weighted by atomic mass is 35.5. The molecule has 7 nitrogen and oxygen atoms in total. The molecule has 1 aromatic carbocycles. The lowest BCUT2D eigenvalue weighted by molar-refractivity contribution is -0.133. The Bertz CT molecular complexity index is 1110. The molecule has 30 heavy (non-hydrogen) atoms. The van der Waals surface area contributed by atoms with Gasteiger partial charge in [-0.05, 0) is 31.2 Å². The SMILES string of the molecule is Cc1[nH]cnc1C[C@@H](NC(=O)c1cc2cc(Cl)ccc2[nH]1)C(=O)N1CCC(F)(F)C1. The number of nitrogens with zero attached hydrogens (tertiary/aromatic N) is 2. The number of rotatable bonds is 5. The number of aromatic amines is 2. The summed E-state index contributed by atoms with van der Waals surface area (Å²) < 4.78 is 27.2. The van der Waals surface area contributed by atoms with E-state index in [0.29, 0.717) is 10.7 Å². The van der Waals surface area contributed by atoms with Crippen LogP contribution in [0.5, 0.6) is 0 Å². The van der Waals surface area contributed by atoms with Crippen LogP contribution in [0.2, 0.25) is 5.02 Å². The monoisotopic (exact) mass is 435 g/mol. The lowest BCUT2D eigenvalue weighted by Crippen LogP contribution is -2.49. The fourth-order valence-electron chi connectivity index (χ4n) is 3.59. The fourth-order valence-corrected chi connectivity index (χ4v) is 3.77. The van der Waals surface area contributed by atoms with E-state index in [1.807, 2.05) is 0 Å². The number of alkyl halides is 2. The molecule has 2 amide bonds. The third-order valence-electron chi connectivity index (χ3n) is 5.24. The van der Waals surface area contributed by atoms with Crippen molar-refractivity contribution in [2.24, 2.45) is 0 Å². The molecular weight excluding hydrogens is 416 g/mol. The maximum absolute atomic E-state index is 13.6. The minimum Gasteiger partial charge on any atom is -0.351 e. The zero-order valence-electron chi connectivity index (χ0n) is 16.1. The second kappa shape index (κ2) is 7.71. The summed E-state index contributed by atoms with van der Waals surface area (Å²) in [5.41, 5.74) is 2.29. The van der Waals surface area contributed by atoms with Gasteiger partial charge >= 0.3 is 0 Å². The molecule has 3 heterocycles. The first-order chi connectivity index (χ1) is 14.2. The number of aromatic nitrogens is 3. The largest absolute Gasteiger partial charge is 0.351 e. The van der Waals surface area contributed by atoms with Gasteiger partial charge in [-0.15, -0.1) is 0 Å². The van der Waals surface area contributed by atoms with Gasteiger partial charge in [0, 0.05) is 41.0 Å². The van der Waals surface area contributed by atoms with Crippen molar-refractivity contribution in [1.82, 2.24) is 25.2 Å². The Balaban J connectivity index is 1.57. The average Bonchev–Trinajstić information content (AvgIpc) is 3.38. The van der Waals surface area contributed by atoms with Gasteiger partial charge in [0.1, 0.15) is 11.7 Å². The molecule has 1 atom stereocenters. The summed E-state index contributed by atoms with van der Waals surface area (Å²) in [6.07, 6.45) is 1.19. The molecule has 3 N–H and O–H groups in total. The Morgan fingerprint density at radius 1 is 1.37 bits per heavy atom. The van der Waals surface area contributed by atoms with Gasteiger partial charge < -0.3 is 20.2 Å². The first kappa shape index (κ1) is 20.3. The summed E-state index contributed by atoms with van der Waals surface area (Å²) in [5.74, 6) is -3.98. The maximum Gasteiger partial charge on any atom is 0.268 e. The highest BCUT2D eigenvalue weighted by Gasteiger charge is 2.42. The minimum absolute atomic E-state index is 0.0529. The number of carbonyl (C=O) groups excluding carboxylic acids is 2. The third-order valence-corrected chi connectivity index (χ3v) is 5.48. The predicted octanol–water partition coefficient (Wildman–Crippen LogP) is 3.06. The van der Waals surface area contributed by atoms with Crippen molar-refractivity contribution in [3.8, 4) is 0 Å². The highest BCUT2D eigenvalue weighted by molar-refractivity contribution is 6.31. The molecule has 0 spiro atoms. The van der Waals surface area contributed by atoms with Crippen molar-refractivity contribution in [3.05, 3.63) is 52.7 Å². The normalized spacial score (nSPS) is 16.7. The van der Waals surface area contributed by atoms with Crippen LogP contribution in [0.3, 0.4) is 0 Å². The van der Waals surface area contributed by atoms with Gasteiger partial charge in [0.2, 0.25) is 5.91 Å². The minimum atomic E-state index is -2.91. The Kier molecular flexibility index (Phi) is 5.23. The van der Waals surface area contributed by atoms with Gasteiger partial charge in [-0.1, -0.05) is 11.6 Å². The quantitative estimate of drug-likeness (QED) is 0.575. The molecule has 0 bridgehead atoms. The lowest BCUT2D eigenvalue weighted by Gasteiger charge is -2.24. The van der Waals surface area contributed by atoms with Crippen LogP contribution in [0.4, 0.5) is 8.78 Å². The summed E-state index contributed by atoms with van der Waals surface area (Å²) in [6.45, 7) is 1.09. The van der Waals surface area contributed by atoms with Crippen LogP contribution in [0, 0.1) is 6.92 Å². The number of aryl methyl sites for hydroxylation is 1. The van der Waals surface area contributed by atoms with E-state index in [1.54, 1.807) is 31.2 Å². The van der Waals surface area contributed by atoms with Crippen molar-refractivity contribution in [2.75, 3.05) is 13.1 Å². The molecule has 0 unspecified atom stereocenters. The van der Waals surface area contributed by atoms with Crippen LogP contribution in [-0.4, -0.2) is 56.7 Å². The highest BCUT2D eigenvalue weighted by Crippen LogP contribution is 2.27. The standard InChI is InChI=1S/C20H20ClF2N5O2/c1-11-15(25-10-24-11)8-17(19(30)28-5-4-20(22,23)9-28)27-18(29)16-7-12-6-13(21)2-3-14(12)26-16/h2-3,6-7,10,17,26H,4-5,8-9H2,1H3,(H,24,25)(H,27,29)/t17-/m1/s1.